The van der Waals surface area contributed by atoms with E-state index in [4.69, 9.17) is 9.84 Å². The molecule has 1 fully saturated rings. The molecule has 0 unspecified atom stereocenters. The molecule has 0 saturated heterocycles. The van der Waals surface area contributed by atoms with Gasteiger partial charge in [-0.05, 0) is 32.1 Å². The first kappa shape index (κ1) is 13.4. The van der Waals surface area contributed by atoms with Crippen LogP contribution in [0.2, 0.25) is 0 Å². The summed E-state index contributed by atoms with van der Waals surface area (Å²) in [4.78, 5) is 11.2. The number of halogens is 2. The van der Waals surface area contributed by atoms with Crippen LogP contribution >= 0.6 is 0 Å². The predicted octanol–water partition coefficient (Wildman–Crippen LogP) is 2.27. The Kier molecular flexibility index (Phi) is 4.65. The molecule has 16 heavy (non-hydrogen) atoms. The molecule has 0 aliphatic heterocycles. The molecule has 0 bridgehead atoms. The number of alkyl halides is 2. The standard InChI is InChI=1S/C11H18F2O3/c1-2-9(14)11(12,13)10(15)16-8-6-4-3-5-7-8/h8-9,14H,2-7H2,1H3/t9-/m1/s1. The second-order valence-electron chi connectivity index (χ2n) is 4.21. The predicted molar refractivity (Wildman–Crippen MR) is 54.2 cm³/mol. The van der Waals surface area contributed by atoms with Crippen molar-refractivity contribution in [3.63, 3.8) is 0 Å². The highest BCUT2D eigenvalue weighted by Gasteiger charge is 2.48. The van der Waals surface area contributed by atoms with Crippen LogP contribution in [0.5, 0.6) is 0 Å². The van der Waals surface area contributed by atoms with Gasteiger partial charge in [0, 0.05) is 0 Å². The lowest BCUT2D eigenvalue weighted by Crippen LogP contribution is -2.44. The Morgan fingerprint density at radius 3 is 2.50 bits per heavy atom. The number of esters is 1. The van der Waals surface area contributed by atoms with Crippen LogP contribution in [-0.4, -0.2) is 29.2 Å². The van der Waals surface area contributed by atoms with E-state index < -0.39 is 24.1 Å². The summed E-state index contributed by atoms with van der Waals surface area (Å²) >= 11 is 0. The van der Waals surface area contributed by atoms with E-state index in [9.17, 15) is 13.6 Å². The van der Waals surface area contributed by atoms with Crippen molar-refractivity contribution in [2.24, 2.45) is 0 Å². The SMILES string of the molecule is CC[C@@H](O)C(F)(F)C(=O)OC1CCCCC1. The van der Waals surface area contributed by atoms with E-state index in [0.29, 0.717) is 12.8 Å². The molecule has 1 saturated carbocycles. The normalized spacial score (nSPS) is 20.5. The Hall–Kier alpha value is -0.710. The molecular weight excluding hydrogens is 218 g/mol. The smallest absolute Gasteiger partial charge is 0.380 e. The molecule has 94 valence electrons. The van der Waals surface area contributed by atoms with E-state index in [-0.39, 0.29) is 6.42 Å². The van der Waals surface area contributed by atoms with E-state index in [1.54, 1.807) is 0 Å². The van der Waals surface area contributed by atoms with Crippen molar-refractivity contribution >= 4 is 5.97 Å². The summed E-state index contributed by atoms with van der Waals surface area (Å²) in [5.41, 5.74) is 0. The third-order valence-corrected chi connectivity index (χ3v) is 2.90. The van der Waals surface area contributed by atoms with Gasteiger partial charge in [-0.25, -0.2) is 4.79 Å². The van der Waals surface area contributed by atoms with Crippen LogP contribution in [0.25, 0.3) is 0 Å². The maximum atomic E-state index is 13.2. The van der Waals surface area contributed by atoms with Gasteiger partial charge < -0.3 is 9.84 Å². The summed E-state index contributed by atoms with van der Waals surface area (Å²) in [5.74, 6) is -5.37. The molecule has 0 spiro atoms. The molecule has 1 aliphatic rings. The van der Waals surface area contributed by atoms with Gasteiger partial charge in [0.2, 0.25) is 0 Å². The van der Waals surface area contributed by atoms with E-state index >= 15 is 0 Å². The van der Waals surface area contributed by atoms with Crippen LogP contribution in [0.4, 0.5) is 8.78 Å². The lowest BCUT2D eigenvalue weighted by atomic mass is 9.98. The molecule has 1 aliphatic carbocycles. The number of carbonyl (C=O) groups is 1. The first-order chi connectivity index (χ1) is 7.48. The van der Waals surface area contributed by atoms with Crippen molar-refractivity contribution in [3.8, 4) is 0 Å². The molecule has 0 radical (unpaired) electrons. The third-order valence-electron chi connectivity index (χ3n) is 2.90. The topological polar surface area (TPSA) is 46.5 Å². The van der Waals surface area contributed by atoms with Crippen LogP contribution < -0.4 is 0 Å². The van der Waals surface area contributed by atoms with E-state index in [0.717, 1.165) is 19.3 Å². The molecule has 0 amide bonds. The Morgan fingerprint density at radius 2 is 2.00 bits per heavy atom. The fraction of sp³-hybridized carbons (Fsp3) is 0.909. The zero-order valence-electron chi connectivity index (χ0n) is 9.42. The van der Waals surface area contributed by atoms with Gasteiger partial charge in [0.15, 0.2) is 0 Å². The Labute approximate surface area is 93.8 Å². The van der Waals surface area contributed by atoms with Crippen molar-refractivity contribution < 1.29 is 23.4 Å². The number of aliphatic hydroxyl groups is 1. The summed E-state index contributed by atoms with van der Waals surface area (Å²) in [6, 6.07) is 0. The van der Waals surface area contributed by atoms with Crippen LogP contribution in [0.1, 0.15) is 45.4 Å². The molecule has 1 atom stereocenters. The van der Waals surface area contributed by atoms with Crippen LogP contribution in [0.3, 0.4) is 0 Å². The fourth-order valence-electron chi connectivity index (χ4n) is 1.81. The maximum Gasteiger partial charge on any atom is 0.380 e. The minimum Gasteiger partial charge on any atom is -0.458 e. The van der Waals surface area contributed by atoms with Gasteiger partial charge in [-0.1, -0.05) is 13.3 Å². The highest BCUT2D eigenvalue weighted by molar-refractivity contribution is 5.78. The van der Waals surface area contributed by atoms with E-state index in [1.165, 1.54) is 6.92 Å². The van der Waals surface area contributed by atoms with Gasteiger partial charge in [-0.3, -0.25) is 0 Å². The highest BCUT2D eigenvalue weighted by atomic mass is 19.3. The van der Waals surface area contributed by atoms with Crippen LogP contribution in [0, 0.1) is 0 Å². The van der Waals surface area contributed by atoms with Crippen molar-refractivity contribution in [1.82, 2.24) is 0 Å². The Bertz CT molecular complexity index is 237. The molecular formula is C11H18F2O3. The fourth-order valence-corrected chi connectivity index (χ4v) is 1.81. The van der Waals surface area contributed by atoms with Crippen LogP contribution in [-0.2, 0) is 9.53 Å². The third kappa shape index (κ3) is 3.14. The second-order valence-corrected chi connectivity index (χ2v) is 4.21. The van der Waals surface area contributed by atoms with Gasteiger partial charge in [0.25, 0.3) is 0 Å². The Balaban J connectivity index is 2.49. The van der Waals surface area contributed by atoms with Crippen molar-refractivity contribution in [2.45, 2.75) is 63.6 Å². The second kappa shape index (κ2) is 5.57. The molecule has 1 N–H and O–H groups in total. The van der Waals surface area contributed by atoms with Gasteiger partial charge >= 0.3 is 11.9 Å². The molecule has 1 rings (SSSR count). The maximum absolute atomic E-state index is 13.2. The summed E-state index contributed by atoms with van der Waals surface area (Å²) in [6.07, 6.45) is 1.61. The lowest BCUT2D eigenvalue weighted by Gasteiger charge is -2.26. The van der Waals surface area contributed by atoms with Gasteiger partial charge in [-0.2, -0.15) is 8.78 Å². The average molecular weight is 236 g/mol. The quantitative estimate of drug-likeness (QED) is 0.762. The summed E-state index contributed by atoms with van der Waals surface area (Å²) in [6.45, 7) is 1.40. The average Bonchev–Trinajstić information content (AvgIpc) is 2.29. The van der Waals surface area contributed by atoms with E-state index in [1.807, 2.05) is 0 Å². The van der Waals surface area contributed by atoms with Crippen LogP contribution in [0.15, 0.2) is 0 Å². The highest BCUT2D eigenvalue weighted by Crippen LogP contribution is 2.27. The van der Waals surface area contributed by atoms with Gasteiger partial charge in [-0.15, -0.1) is 0 Å². The molecule has 0 heterocycles. The van der Waals surface area contributed by atoms with Gasteiger partial charge in [0.1, 0.15) is 12.2 Å². The minimum absolute atomic E-state index is 0.174. The minimum atomic E-state index is -3.79. The largest absolute Gasteiger partial charge is 0.458 e. The molecule has 0 aromatic rings. The molecule has 0 aromatic heterocycles. The number of carbonyl (C=O) groups excluding carboxylic acids is 1. The lowest BCUT2D eigenvalue weighted by molar-refractivity contribution is -0.195. The van der Waals surface area contributed by atoms with Gasteiger partial charge in [0.05, 0.1) is 0 Å². The monoisotopic (exact) mass is 236 g/mol. The first-order valence-corrected chi connectivity index (χ1v) is 5.75. The summed E-state index contributed by atoms with van der Waals surface area (Å²) < 4.78 is 31.2. The van der Waals surface area contributed by atoms with Crippen molar-refractivity contribution in [1.29, 1.82) is 0 Å². The molecule has 3 nitrogen and oxygen atoms in total. The zero-order valence-corrected chi connectivity index (χ0v) is 9.42. The van der Waals surface area contributed by atoms with Crippen molar-refractivity contribution in [3.05, 3.63) is 0 Å². The van der Waals surface area contributed by atoms with Crippen molar-refractivity contribution in [2.75, 3.05) is 0 Å². The number of aliphatic hydroxyl groups excluding tert-OH is 1. The van der Waals surface area contributed by atoms with E-state index in [2.05, 4.69) is 0 Å². The first-order valence-electron chi connectivity index (χ1n) is 5.75. The number of ether oxygens (including phenoxy) is 1. The number of rotatable bonds is 4. The number of hydrogen-bond donors (Lipinski definition) is 1. The summed E-state index contributed by atoms with van der Waals surface area (Å²) in [5, 5.41) is 9.03. The number of hydrogen-bond acceptors (Lipinski definition) is 3. The Morgan fingerprint density at radius 1 is 1.44 bits per heavy atom. The molecule has 0 aromatic carbocycles. The molecule has 5 heteroatoms. The summed E-state index contributed by atoms with van der Waals surface area (Å²) in [7, 11) is 0. The zero-order chi connectivity index (χ0) is 12.2.